The molecule has 6 heteroatoms. The van der Waals surface area contributed by atoms with Gasteiger partial charge in [0.1, 0.15) is 4.88 Å². The van der Waals surface area contributed by atoms with E-state index in [1.54, 1.807) is 23.1 Å². The maximum atomic E-state index is 11.2. The Kier molecular flexibility index (Phi) is 2.42. The van der Waals surface area contributed by atoms with Crippen molar-refractivity contribution in [2.75, 3.05) is 12.8 Å². The number of rotatable bonds is 2. The maximum absolute atomic E-state index is 11.2. The van der Waals surface area contributed by atoms with E-state index in [0.717, 1.165) is 5.69 Å². The fourth-order valence-corrected chi connectivity index (χ4v) is 1.92. The van der Waals surface area contributed by atoms with E-state index in [4.69, 9.17) is 5.73 Å². The molecule has 0 aromatic carbocycles. The molecule has 2 N–H and O–H groups in total. The van der Waals surface area contributed by atoms with Crippen molar-refractivity contribution in [2.45, 2.75) is 0 Å². The Morgan fingerprint density at radius 2 is 2.47 bits per heavy atom. The lowest BCUT2D eigenvalue weighted by Crippen LogP contribution is -1.98. The van der Waals surface area contributed by atoms with Gasteiger partial charge >= 0.3 is 5.97 Å². The SMILES string of the molecule is COC(=O)c1cc(-n2cc(N)cn2)cs1. The molecule has 0 spiro atoms. The highest BCUT2D eigenvalue weighted by Gasteiger charge is 2.10. The van der Waals surface area contributed by atoms with Crippen molar-refractivity contribution in [2.24, 2.45) is 0 Å². The smallest absolute Gasteiger partial charge is 0.348 e. The number of hydrogen-bond donors (Lipinski definition) is 1. The zero-order chi connectivity index (χ0) is 10.8. The number of methoxy groups -OCH3 is 1. The Balaban J connectivity index is 2.31. The second kappa shape index (κ2) is 3.74. The zero-order valence-corrected chi connectivity index (χ0v) is 8.82. The van der Waals surface area contributed by atoms with E-state index in [-0.39, 0.29) is 5.97 Å². The second-order valence-electron chi connectivity index (χ2n) is 2.88. The van der Waals surface area contributed by atoms with E-state index in [0.29, 0.717) is 10.6 Å². The number of carbonyl (C=O) groups is 1. The van der Waals surface area contributed by atoms with Crippen LogP contribution in [0.5, 0.6) is 0 Å². The third-order valence-electron chi connectivity index (χ3n) is 1.84. The third-order valence-corrected chi connectivity index (χ3v) is 2.74. The average molecular weight is 223 g/mol. The van der Waals surface area contributed by atoms with E-state index >= 15 is 0 Å². The first-order chi connectivity index (χ1) is 7.20. The Morgan fingerprint density at radius 1 is 1.67 bits per heavy atom. The van der Waals surface area contributed by atoms with Gasteiger partial charge in [-0.15, -0.1) is 11.3 Å². The Bertz CT molecular complexity index is 489. The molecule has 15 heavy (non-hydrogen) atoms. The Morgan fingerprint density at radius 3 is 3.07 bits per heavy atom. The fourth-order valence-electron chi connectivity index (χ4n) is 1.13. The van der Waals surface area contributed by atoms with Gasteiger partial charge in [-0.25, -0.2) is 9.48 Å². The monoisotopic (exact) mass is 223 g/mol. The van der Waals surface area contributed by atoms with Crippen LogP contribution in [-0.4, -0.2) is 22.9 Å². The van der Waals surface area contributed by atoms with Crippen molar-refractivity contribution < 1.29 is 9.53 Å². The number of nitrogens with zero attached hydrogens (tertiary/aromatic N) is 2. The van der Waals surface area contributed by atoms with Gasteiger partial charge in [-0.1, -0.05) is 0 Å². The van der Waals surface area contributed by atoms with Gasteiger partial charge in [0, 0.05) is 5.38 Å². The summed E-state index contributed by atoms with van der Waals surface area (Å²) in [6.07, 6.45) is 3.23. The van der Waals surface area contributed by atoms with E-state index in [2.05, 4.69) is 9.84 Å². The lowest BCUT2D eigenvalue weighted by atomic mass is 10.4. The number of aromatic nitrogens is 2. The fraction of sp³-hybridized carbons (Fsp3) is 0.111. The molecule has 0 saturated carbocycles. The lowest BCUT2D eigenvalue weighted by Gasteiger charge is -1.94. The minimum absolute atomic E-state index is 0.341. The van der Waals surface area contributed by atoms with Gasteiger partial charge in [0.2, 0.25) is 0 Å². The number of nitrogen functional groups attached to an aromatic ring is 1. The first-order valence-electron chi connectivity index (χ1n) is 4.18. The summed E-state index contributed by atoms with van der Waals surface area (Å²) in [5, 5.41) is 5.85. The van der Waals surface area contributed by atoms with Crippen molar-refractivity contribution in [3.05, 3.63) is 28.7 Å². The summed E-state index contributed by atoms with van der Waals surface area (Å²) >= 11 is 1.31. The standard InChI is InChI=1S/C9H9N3O2S/c1-14-9(13)8-2-7(5-15-8)12-4-6(10)3-11-12/h2-5H,10H2,1H3. The van der Waals surface area contributed by atoms with E-state index in [1.165, 1.54) is 18.4 Å². The van der Waals surface area contributed by atoms with E-state index in [9.17, 15) is 4.79 Å². The van der Waals surface area contributed by atoms with Gasteiger partial charge in [0.05, 0.1) is 30.9 Å². The molecular weight excluding hydrogens is 214 g/mol. The van der Waals surface area contributed by atoms with Gasteiger partial charge in [-0.3, -0.25) is 0 Å². The number of ether oxygens (including phenoxy) is 1. The summed E-state index contributed by atoms with van der Waals surface area (Å²) < 4.78 is 6.22. The Labute approximate surface area is 90.1 Å². The summed E-state index contributed by atoms with van der Waals surface area (Å²) in [5.74, 6) is -0.341. The van der Waals surface area contributed by atoms with Gasteiger partial charge in [0.15, 0.2) is 0 Å². The molecule has 78 valence electrons. The number of esters is 1. The molecule has 0 unspecified atom stereocenters. The molecule has 2 aromatic rings. The van der Waals surface area contributed by atoms with Gasteiger partial charge in [0.25, 0.3) is 0 Å². The normalized spacial score (nSPS) is 10.2. The van der Waals surface area contributed by atoms with Crippen LogP contribution in [0.15, 0.2) is 23.8 Å². The summed E-state index contributed by atoms with van der Waals surface area (Å²) in [6.45, 7) is 0. The minimum atomic E-state index is -0.341. The van der Waals surface area contributed by atoms with Crippen molar-refractivity contribution in [1.82, 2.24) is 9.78 Å². The zero-order valence-electron chi connectivity index (χ0n) is 8.01. The molecule has 0 aliphatic rings. The second-order valence-corrected chi connectivity index (χ2v) is 3.79. The van der Waals surface area contributed by atoms with Crippen LogP contribution in [0.4, 0.5) is 5.69 Å². The molecular formula is C9H9N3O2S. The summed E-state index contributed by atoms with van der Waals surface area (Å²) in [5.41, 5.74) is 6.92. The van der Waals surface area contributed by atoms with Gasteiger partial charge < -0.3 is 10.5 Å². The molecule has 2 rings (SSSR count). The first kappa shape index (κ1) is 9.72. The topological polar surface area (TPSA) is 70.1 Å². The number of carbonyl (C=O) groups excluding carboxylic acids is 1. The van der Waals surface area contributed by atoms with E-state index in [1.807, 2.05) is 5.38 Å². The van der Waals surface area contributed by atoms with Gasteiger partial charge in [-0.2, -0.15) is 5.10 Å². The van der Waals surface area contributed by atoms with Crippen molar-refractivity contribution in [3.8, 4) is 5.69 Å². The molecule has 2 heterocycles. The molecule has 5 nitrogen and oxygen atoms in total. The lowest BCUT2D eigenvalue weighted by molar-refractivity contribution is 0.0606. The predicted octanol–water partition coefficient (Wildman–Crippen LogP) is 1.30. The van der Waals surface area contributed by atoms with Crippen molar-refractivity contribution in [3.63, 3.8) is 0 Å². The first-order valence-corrected chi connectivity index (χ1v) is 5.06. The molecule has 0 atom stereocenters. The Hall–Kier alpha value is -1.82. The van der Waals surface area contributed by atoms with Crippen LogP contribution in [0.1, 0.15) is 9.67 Å². The highest BCUT2D eigenvalue weighted by atomic mass is 32.1. The van der Waals surface area contributed by atoms with Crippen LogP contribution in [0.3, 0.4) is 0 Å². The maximum Gasteiger partial charge on any atom is 0.348 e. The summed E-state index contributed by atoms with van der Waals surface area (Å²) in [6, 6.07) is 1.71. The number of nitrogens with two attached hydrogens (primary N) is 1. The van der Waals surface area contributed by atoms with Crippen LogP contribution in [0.2, 0.25) is 0 Å². The molecule has 0 amide bonds. The van der Waals surface area contributed by atoms with E-state index < -0.39 is 0 Å². The van der Waals surface area contributed by atoms with Crippen LogP contribution in [0.25, 0.3) is 5.69 Å². The predicted molar refractivity (Wildman–Crippen MR) is 57.2 cm³/mol. The molecule has 0 aliphatic heterocycles. The highest BCUT2D eigenvalue weighted by molar-refractivity contribution is 7.12. The van der Waals surface area contributed by atoms with Crippen LogP contribution >= 0.6 is 11.3 Å². The number of anilines is 1. The van der Waals surface area contributed by atoms with Gasteiger partial charge in [-0.05, 0) is 6.07 Å². The molecule has 0 bridgehead atoms. The van der Waals surface area contributed by atoms with Crippen molar-refractivity contribution in [1.29, 1.82) is 0 Å². The number of hydrogen-bond acceptors (Lipinski definition) is 5. The summed E-state index contributed by atoms with van der Waals surface area (Å²) in [4.78, 5) is 11.7. The van der Waals surface area contributed by atoms with Crippen LogP contribution in [-0.2, 0) is 4.74 Å². The van der Waals surface area contributed by atoms with Crippen LogP contribution < -0.4 is 5.73 Å². The number of thiophene rings is 1. The molecule has 0 aliphatic carbocycles. The minimum Gasteiger partial charge on any atom is -0.465 e. The quantitative estimate of drug-likeness (QED) is 0.779. The largest absolute Gasteiger partial charge is 0.465 e. The molecule has 2 aromatic heterocycles. The van der Waals surface area contributed by atoms with Crippen molar-refractivity contribution >= 4 is 23.0 Å². The van der Waals surface area contributed by atoms with Crippen LogP contribution in [0, 0.1) is 0 Å². The molecule has 0 fully saturated rings. The molecule has 0 radical (unpaired) electrons. The highest BCUT2D eigenvalue weighted by Crippen LogP contribution is 2.19. The summed E-state index contributed by atoms with van der Waals surface area (Å²) in [7, 11) is 1.35. The average Bonchev–Trinajstić information content (AvgIpc) is 2.84. The molecule has 0 saturated heterocycles. The third kappa shape index (κ3) is 1.84.